The molecule has 7 heteroatoms. The van der Waals surface area contributed by atoms with Gasteiger partial charge in [0.1, 0.15) is 0 Å². The van der Waals surface area contributed by atoms with Crippen molar-refractivity contribution in [3.05, 3.63) is 35.5 Å². The number of hydrogen-bond acceptors (Lipinski definition) is 6. The average Bonchev–Trinajstić information content (AvgIpc) is 3.14. The molecular weight excluding hydrogens is 340 g/mol. The summed E-state index contributed by atoms with van der Waals surface area (Å²) in [5.41, 5.74) is 9.17. The number of nitrogens with two attached hydrogens (primary N) is 1. The quantitative estimate of drug-likeness (QED) is 0.724. The Hall–Kier alpha value is -1.86. The summed E-state index contributed by atoms with van der Waals surface area (Å²) in [4.78, 5) is 12.9. The summed E-state index contributed by atoms with van der Waals surface area (Å²) in [6.07, 6.45) is 3.15. The Morgan fingerprint density at radius 1 is 1.42 bits per heavy atom. The van der Waals surface area contributed by atoms with E-state index in [-0.39, 0.29) is 5.91 Å². The summed E-state index contributed by atoms with van der Waals surface area (Å²) >= 11 is 2.72. The molecule has 5 nitrogen and oxygen atoms in total. The predicted octanol–water partition coefficient (Wildman–Crippen LogP) is 3.63. The fraction of sp³-hybridized carbons (Fsp3) is 0.353. The summed E-state index contributed by atoms with van der Waals surface area (Å²) in [6.45, 7) is 2.28. The average molecular weight is 358 g/mol. The van der Waals surface area contributed by atoms with Crippen molar-refractivity contribution < 1.29 is 4.79 Å². The lowest BCUT2D eigenvalue weighted by Crippen LogP contribution is -2.20. The zero-order chi connectivity index (χ0) is 16.7. The second-order valence-electron chi connectivity index (χ2n) is 6.21. The number of benzene rings is 1. The zero-order valence-corrected chi connectivity index (χ0v) is 15.0. The lowest BCUT2D eigenvalue weighted by molar-refractivity contribution is 0.0943. The fourth-order valence-electron chi connectivity index (χ4n) is 3.44. The normalized spacial score (nSPS) is 17.1. The van der Waals surface area contributed by atoms with E-state index in [0.717, 1.165) is 29.1 Å². The van der Waals surface area contributed by atoms with Gasteiger partial charge >= 0.3 is 0 Å². The highest BCUT2D eigenvalue weighted by molar-refractivity contribution is 8.01. The van der Waals surface area contributed by atoms with Crippen LogP contribution >= 0.6 is 23.1 Å². The molecule has 0 saturated carbocycles. The molecule has 0 radical (unpaired) electrons. The Bertz CT molecular complexity index is 915. The second-order valence-corrected chi connectivity index (χ2v) is 8.45. The molecule has 0 saturated heterocycles. The van der Waals surface area contributed by atoms with E-state index in [1.54, 1.807) is 0 Å². The molecule has 0 aliphatic heterocycles. The molecule has 24 heavy (non-hydrogen) atoms. The van der Waals surface area contributed by atoms with E-state index in [2.05, 4.69) is 29.3 Å². The summed E-state index contributed by atoms with van der Waals surface area (Å²) in [5.74, 6) is 1.11. The number of fused-ring (bicyclic) bond motifs is 3. The number of carbonyl (C=O) groups is 1. The number of hydrogen-bond donors (Lipinski definition) is 1. The van der Waals surface area contributed by atoms with Crippen LogP contribution < -0.4 is 5.73 Å². The topological polar surface area (TPSA) is 73.8 Å². The Balaban J connectivity index is 1.69. The van der Waals surface area contributed by atoms with Crippen molar-refractivity contribution >= 4 is 45.0 Å². The monoisotopic (exact) mass is 358 g/mol. The van der Waals surface area contributed by atoms with E-state index < -0.39 is 0 Å². The third-order valence-electron chi connectivity index (χ3n) is 4.51. The van der Waals surface area contributed by atoms with Gasteiger partial charge in [0.05, 0.1) is 11.3 Å². The minimum absolute atomic E-state index is 0.0979. The first kappa shape index (κ1) is 15.7. The van der Waals surface area contributed by atoms with Gasteiger partial charge in [-0.2, -0.15) is 0 Å². The molecule has 3 aromatic rings. The first-order valence-corrected chi connectivity index (χ1v) is 9.80. The van der Waals surface area contributed by atoms with Gasteiger partial charge in [-0.3, -0.25) is 9.36 Å². The van der Waals surface area contributed by atoms with Crippen LogP contribution in [0.1, 0.15) is 29.4 Å². The number of rotatable bonds is 3. The number of nitrogens with zero attached hydrogens (tertiary/aromatic N) is 3. The van der Waals surface area contributed by atoms with Crippen molar-refractivity contribution in [2.24, 2.45) is 5.92 Å². The van der Waals surface area contributed by atoms with Gasteiger partial charge in [0.2, 0.25) is 11.0 Å². The lowest BCUT2D eigenvalue weighted by atomic mass is 9.88. The van der Waals surface area contributed by atoms with Crippen LogP contribution in [0.5, 0.6) is 0 Å². The van der Waals surface area contributed by atoms with Crippen molar-refractivity contribution in [3.63, 3.8) is 0 Å². The molecule has 0 amide bonds. The van der Waals surface area contributed by atoms with Gasteiger partial charge in [-0.05, 0) is 36.8 Å². The molecule has 1 aliphatic carbocycles. The van der Waals surface area contributed by atoms with Crippen LogP contribution in [0.4, 0.5) is 5.13 Å². The van der Waals surface area contributed by atoms with Crippen LogP contribution in [-0.4, -0.2) is 26.4 Å². The number of anilines is 1. The van der Waals surface area contributed by atoms with Gasteiger partial charge in [-0.1, -0.05) is 48.2 Å². The molecule has 2 N–H and O–H groups in total. The number of carbonyl (C=O) groups excluding carboxylic acids is 1. The molecule has 0 spiro atoms. The molecule has 1 atom stereocenters. The van der Waals surface area contributed by atoms with Crippen LogP contribution in [0, 0.1) is 5.92 Å². The van der Waals surface area contributed by atoms with Gasteiger partial charge in [0.25, 0.3) is 0 Å². The van der Waals surface area contributed by atoms with Crippen molar-refractivity contribution in [2.45, 2.75) is 30.5 Å². The van der Waals surface area contributed by atoms with Crippen LogP contribution in [0.25, 0.3) is 10.9 Å². The smallest absolute Gasteiger partial charge is 0.241 e. The maximum Gasteiger partial charge on any atom is 0.241 e. The third-order valence-corrected chi connectivity index (χ3v) is 6.38. The molecule has 0 unspecified atom stereocenters. The highest BCUT2D eigenvalue weighted by Gasteiger charge is 2.25. The molecule has 2 aromatic heterocycles. The fourth-order valence-corrected chi connectivity index (χ4v) is 4.92. The van der Waals surface area contributed by atoms with Crippen molar-refractivity contribution in [1.29, 1.82) is 0 Å². The minimum atomic E-state index is 0.0979. The Labute approximate surface area is 148 Å². The summed E-state index contributed by atoms with van der Waals surface area (Å²) in [6, 6.07) is 8.23. The van der Waals surface area contributed by atoms with E-state index in [0.29, 0.717) is 16.8 Å². The van der Waals surface area contributed by atoms with Gasteiger partial charge in [-0.15, -0.1) is 10.2 Å². The maximum absolute atomic E-state index is 12.9. The van der Waals surface area contributed by atoms with Crippen LogP contribution in [0.2, 0.25) is 0 Å². The van der Waals surface area contributed by atoms with Crippen LogP contribution in [-0.2, 0) is 12.8 Å². The third kappa shape index (κ3) is 2.71. The highest BCUT2D eigenvalue weighted by atomic mass is 32.2. The van der Waals surface area contributed by atoms with E-state index in [9.17, 15) is 4.79 Å². The predicted molar refractivity (Wildman–Crippen MR) is 98.8 cm³/mol. The van der Waals surface area contributed by atoms with Gasteiger partial charge in [0.15, 0.2) is 4.34 Å². The largest absolute Gasteiger partial charge is 0.374 e. The number of para-hydroxylation sites is 1. The van der Waals surface area contributed by atoms with Crippen molar-refractivity contribution in [2.75, 3.05) is 11.5 Å². The molecule has 2 heterocycles. The van der Waals surface area contributed by atoms with Gasteiger partial charge in [-0.25, -0.2) is 0 Å². The zero-order valence-electron chi connectivity index (χ0n) is 13.4. The van der Waals surface area contributed by atoms with E-state index in [1.165, 1.54) is 39.7 Å². The van der Waals surface area contributed by atoms with Crippen LogP contribution in [0.3, 0.4) is 0 Å². The minimum Gasteiger partial charge on any atom is -0.374 e. The maximum atomic E-state index is 12.9. The first-order chi connectivity index (χ1) is 11.6. The Morgan fingerprint density at radius 3 is 3.04 bits per heavy atom. The molecule has 0 bridgehead atoms. The molecule has 0 fully saturated rings. The summed E-state index contributed by atoms with van der Waals surface area (Å²) in [7, 11) is 0. The van der Waals surface area contributed by atoms with Crippen LogP contribution in [0.15, 0.2) is 28.6 Å². The summed E-state index contributed by atoms with van der Waals surface area (Å²) in [5, 5.41) is 9.42. The number of aromatic nitrogens is 3. The number of thioether (sulfide) groups is 1. The molecule has 1 aliphatic rings. The van der Waals surface area contributed by atoms with Gasteiger partial charge < -0.3 is 5.73 Å². The second kappa shape index (κ2) is 6.22. The summed E-state index contributed by atoms with van der Waals surface area (Å²) < 4.78 is 2.66. The molecule has 124 valence electrons. The Kier molecular flexibility index (Phi) is 4.05. The highest BCUT2D eigenvalue weighted by Crippen LogP contribution is 2.34. The molecule has 4 rings (SSSR count). The molecular formula is C17H18N4OS2. The first-order valence-electron chi connectivity index (χ1n) is 7.99. The molecule has 1 aromatic carbocycles. The van der Waals surface area contributed by atoms with Crippen molar-refractivity contribution in [1.82, 2.24) is 14.8 Å². The Morgan fingerprint density at radius 2 is 2.25 bits per heavy atom. The number of nitrogen functional groups attached to an aromatic ring is 1. The van der Waals surface area contributed by atoms with Gasteiger partial charge in [0, 0.05) is 11.1 Å². The van der Waals surface area contributed by atoms with E-state index in [4.69, 9.17) is 5.73 Å². The van der Waals surface area contributed by atoms with Crippen molar-refractivity contribution in [3.8, 4) is 0 Å². The standard InChI is InChI=1S/C17H18N4OS2/c1-10-6-7-14-12(8-10)11-4-2-3-5-13(11)21(14)15(22)9-23-17-20-19-16(18)24-17/h2-5,10H,6-9H2,1H3,(H2,18,19)/t10-/m1/s1. The lowest BCUT2D eigenvalue weighted by Gasteiger charge is -2.20. The SMILES string of the molecule is C[C@@H]1CCc2c(c3ccccc3n2C(=O)CSc2nnc(N)s2)C1. The van der Waals surface area contributed by atoms with E-state index >= 15 is 0 Å². The van der Waals surface area contributed by atoms with E-state index in [1.807, 2.05) is 16.7 Å².